The van der Waals surface area contributed by atoms with Crippen LogP contribution in [-0.4, -0.2) is 31.2 Å². The maximum Gasteiger partial charge on any atom is 0.337 e. The standard InChI is InChI=1S/C24H23NO5/c1-14(17-10-9-16-7-5-6-8-18(16)11-17)15(2)23(26)25-20-13-22(30-4)21(29-3)12-19(20)24(27)28/h5-13H,1-4H3,(H,25,26)(H,27,28). The van der Waals surface area contributed by atoms with E-state index in [1.54, 1.807) is 6.92 Å². The molecule has 0 spiro atoms. The summed E-state index contributed by atoms with van der Waals surface area (Å²) < 4.78 is 10.4. The number of carbonyl (C=O) groups excluding carboxylic acids is 1. The van der Waals surface area contributed by atoms with Crippen LogP contribution in [0.3, 0.4) is 0 Å². The molecule has 1 amide bonds. The molecule has 154 valence electrons. The van der Waals surface area contributed by atoms with Crippen molar-refractivity contribution in [3.05, 3.63) is 71.3 Å². The molecular weight excluding hydrogens is 382 g/mol. The van der Waals surface area contributed by atoms with E-state index in [1.165, 1.54) is 26.4 Å². The molecule has 0 bridgehead atoms. The van der Waals surface area contributed by atoms with Gasteiger partial charge in [0.1, 0.15) is 0 Å². The van der Waals surface area contributed by atoms with E-state index in [9.17, 15) is 14.7 Å². The first-order chi connectivity index (χ1) is 14.3. The molecule has 30 heavy (non-hydrogen) atoms. The molecule has 0 atom stereocenters. The SMILES string of the molecule is COc1cc(NC(=O)C(C)=C(C)c2ccc3ccccc3c2)c(C(=O)O)cc1OC. The van der Waals surface area contributed by atoms with Gasteiger partial charge in [0.2, 0.25) is 0 Å². The highest BCUT2D eigenvalue weighted by Crippen LogP contribution is 2.34. The fraction of sp³-hybridized carbons (Fsp3) is 0.167. The van der Waals surface area contributed by atoms with Crippen molar-refractivity contribution in [2.24, 2.45) is 0 Å². The summed E-state index contributed by atoms with van der Waals surface area (Å²) in [5, 5.41) is 14.4. The number of carboxylic acids is 1. The Morgan fingerprint density at radius 1 is 0.867 bits per heavy atom. The average molecular weight is 405 g/mol. The van der Waals surface area contributed by atoms with Gasteiger partial charge < -0.3 is 19.9 Å². The summed E-state index contributed by atoms with van der Waals surface area (Å²) >= 11 is 0. The van der Waals surface area contributed by atoms with Gasteiger partial charge in [0, 0.05) is 17.7 Å². The third-order valence-electron chi connectivity index (χ3n) is 5.09. The van der Waals surface area contributed by atoms with Crippen molar-refractivity contribution in [3.8, 4) is 11.5 Å². The van der Waals surface area contributed by atoms with Crippen molar-refractivity contribution in [2.45, 2.75) is 13.8 Å². The third-order valence-corrected chi connectivity index (χ3v) is 5.09. The number of allylic oxidation sites excluding steroid dienone is 1. The molecule has 6 heteroatoms. The lowest BCUT2D eigenvalue weighted by Crippen LogP contribution is -2.16. The smallest absolute Gasteiger partial charge is 0.337 e. The number of hydrogen-bond donors (Lipinski definition) is 2. The quantitative estimate of drug-likeness (QED) is 0.565. The molecular formula is C24H23NO5. The monoisotopic (exact) mass is 405 g/mol. The van der Waals surface area contributed by atoms with Crippen LogP contribution in [0.2, 0.25) is 0 Å². The minimum absolute atomic E-state index is 0.0860. The number of amides is 1. The molecule has 6 nitrogen and oxygen atoms in total. The lowest BCUT2D eigenvalue weighted by atomic mass is 9.98. The Morgan fingerprint density at radius 3 is 2.13 bits per heavy atom. The van der Waals surface area contributed by atoms with Crippen molar-refractivity contribution in [1.29, 1.82) is 0 Å². The Hall–Kier alpha value is -3.80. The molecule has 3 rings (SSSR count). The van der Waals surface area contributed by atoms with Gasteiger partial charge in [0.25, 0.3) is 5.91 Å². The maximum absolute atomic E-state index is 12.9. The van der Waals surface area contributed by atoms with E-state index in [1.807, 2.05) is 49.4 Å². The molecule has 2 N–H and O–H groups in total. The lowest BCUT2D eigenvalue weighted by molar-refractivity contribution is -0.112. The predicted molar refractivity (Wildman–Crippen MR) is 117 cm³/mol. The van der Waals surface area contributed by atoms with Crippen LogP contribution in [0.15, 0.2) is 60.2 Å². The molecule has 0 aromatic heterocycles. The van der Waals surface area contributed by atoms with Crippen LogP contribution in [0.25, 0.3) is 16.3 Å². The Labute approximate surface area is 174 Å². The van der Waals surface area contributed by atoms with Gasteiger partial charge in [-0.2, -0.15) is 0 Å². The Bertz CT molecular complexity index is 1160. The topological polar surface area (TPSA) is 84.9 Å². The predicted octanol–water partition coefficient (Wildman–Crippen LogP) is 4.99. The Kier molecular flexibility index (Phi) is 6.06. The number of aromatic carboxylic acids is 1. The number of fused-ring (bicyclic) bond motifs is 1. The highest BCUT2D eigenvalue weighted by molar-refractivity contribution is 6.11. The molecule has 0 fully saturated rings. The molecule has 3 aromatic rings. The van der Waals surface area contributed by atoms with Gasteiger partial charge >= 0.3 is 5.97 Å². The van der Waals surface area contributed by atoms with Crippen molar-refractivity contribution in [1.82, 2.24) is 0 Å². The zero-order valence-electron chi connectivity index (χ0n) is 17.3. The van der Waals surface area contributed by atoms with E-state index in [0.29, 0.717) is 11.3 Å². The summed E-state index contributed by atoms with van der Waals surface area (Å²) in [7, 11) is 2.86. The summed E-state index contributed by atoms with van der Waals surface area (Å²) in [5.41, 5.74) is 2.26. The van der Waals surface area contributed by atoms with Crippen molar-refractivity contribution in [3.63, 3.8) is 0 Å². The molecule has 0 saturated carbocycles. The Morgan fingerprint density at radius 2 is 1.50 bits per heavy atom. The largest absolute Gasteiger partial charge is 0.493 e. The summed E-state index contributed by atoms with van der Waals surface area (Å²) in [6, 6.07) is 16.8. The first kappa shape index (κ1) is 20.9. The third kappa shape index (κ3) is 4.12. The first-order valence-electron chi connectivity index (χ1n) is 9.33. The summed E-state index contributed by atoms with van der Waals surface area (Å²) in [6.07, 6.45) is 0. The number of carboxylic acid groups (broad SMARTS) is 1. The number of anilines is 1. The van der Waals surface area contributed by atoms with Crippen LogP contribution >= 0.6 is 0 Å². The molecule has 0 aliphatic carbocycles. The van der Waals surface area contributed by atoms with Crippen molar-refractivity contribution >= 4 is 33.9 Å². The van der Waals surface area contributed by atoms with Gasteiger partial charge in [-0.1, -0.05) is 36.4 Å². The second kappa shape index (κ2) is 8.69. The van der Waals surface area contributed by atoms with Gasteiger partial charge in [-0.25, -0.2) is 4.79 Å². The highest BCUT2D eigenvalue weighted by Gasteiger charge is 2.19. The van der Waals surface area contributed by atoms with Crippen LogP contribution in [-0.2, 0) is 4.79 Å². The number of carbonyl (C=O) groups is 2. The van der Waals surface area contributed by atoms with E-state index >= 15 is 0 Å². The number of rotatable bonds is 6. The summed E-state index contributed by atoms with van der Waals surface area (Å²) in [5.74, 6) is -0.979. The van der Waals surface area contributed by atoms with Crippen molar-refractivity contribution < 1.29 is 24.2 Å². The molecule has 0 saturated heterocycles. The fourth-order valence-electron chi connectivity index (χ4n) is 3.18. The number of nitrogens with one attached hydrogen (secondary N) is 1. The van der Waals surface area contributed by atoms with Crippen LogP contribution in [0.1, 0.15) is 29.8 Å². The zero-order chi connectivity index (χ0) is 21.8. The number of ether oxygens (including phenoxy) is 2. The Balaban J connectivity index is 1.96. The normalized spacial score (nSPS) is 11.6. The van der Waals surface area contributed by atoms with Gasteiger partial charge in [-0.15, -0.1) is 0 Å². The number of hydrogen-bond acceptors (Lipinski definition) is 4. The number of benzene rings is 3. The molecule has 0 radical (unpaired) electrons. The van der Waals surface area contributed by atoms with Gasteiger partial charge in [0.15, 0.2) is 11.5 Å². The van der Waals surface area contributed by atoms with Crippen LogP contribution in [0.5, 0.6) is 11.5 Å². The van der Waals surface area contributed by atoms with E-state index in [-0.39, 0.29) is 17.0 Å². The first-order valence-corrected chi connectivity index (χ1v) is 9.33. The summed E-state index contributed by atoms with van der Waals surface area (Å²) in [4.78, 5) is 24.5. The second-order valence-corrected chi connectivity index (χ2v) is 6.82. The van der Waals surface area contributed by atoms with E-state index < -0.39 is 11.9 Å². The molecule has 3 aromatic carbocycles. The maximum atomic E-state index is 12.9. The van der Waals surface area contributed by atoms with E-state index in [4.69, 9.17) is 9.47 Å². The number of methoxy groups -OCH3 is 2. The fourth-order valence-corrected chi connectivity index (χ4v) is 3.18. The lowest BCUT2D eigenvalue weighted by Gasteiger charge is -2.15. The second-order valence-electron chi connectivity index (χ2n) is 6.82. The van der Waals surface area contributed by atoms with E-state index in [2.05, 4.69) is 5.32 Å². The van der Waals surface area contributed by atoms with Crippen LogP contribution < -0.4 is 14.8 Å². The van der Waals surface area contributed by atoms with Crippen LogP contribution in [0.4, 0.5) is 5.69 Å². The van der Waals surface area contributed by atoms with Crippen LogP contribution in [0, 0.1) is 0 Å². The minimum Gasteiger partial charge on any atom is -0.493 e. The highest BCUT2D eigenvalue weighted by atomic mass is 16.5. The molecule has 0 aliphatic heterocycles. The van der Waals surface area contributed by atoms with Crippen molar-refractivity contribution in [2.75, 3.05) is 19.5 Å². The minimum atomic E-state index is -1.18. The molecule has 0 unspecified atom stereocenters. The average Bonchev–Trinajstić information content (AvgIpc) is 2.77. The molecule has 0 aliphatic rings. The van der Waals surface area contributed by atoms with Gasteiger partial charge in [-0.3, -0.25) is 4.79 Å². The van der Waals surface area contributed by atoms with E-state index in [0.717, 1.165) is 21.9 Å². The molecule has 0 heterocycles. The van der Waals surface area contributed by atoms with Gasteiger partial charge in [-0.05, 0) is 41.8 Å². The van der Waals surface area contributed by atoms with Gasteiger partial charge in [0.05, 0.1) is 25.5 Å². The summed E-state index contributed by atoms with van der Waals surface area (Å²) in [6.45, 7) is 3.58. The zero-order valence-corrected chi connectivity index (χ0v) is 17.3.